The number of carbonyl (C=O) groups excluding carboxylic acids is 1. The number of likely N-dealkylation sites (tertiary alicyclic amines) is 1. The zero-order valence-corrected chi connectivity index (χ0v) is 23.1. The van der Waals surface area contributed by atoms with Crippen LogP contribution >= 0.6 is 0 Å². The molecule has 2 aliphatic heterocycles. The number of rotatable bonds is 6. The summed E-state index contributed by atoms with van der Waals surface area (Å²) < 4.78 is 64.2. The summed E-state index contributed by atoms with van der Waals surface area (Å²) in [7, 11) is 1.94. The van der Waals surface area contributed by atoms with Gasteiger partial charge in [0.25, 0.3) is 0 Å². The minimum absolute atomic E-state index is 0.0628. The minimum atomic E-state index is -4.71. The van der Waals surface area contributed by atoms with Gasteiger partial charge in [-0.25, -0.2) is 23.8 Å². The standard InChI is InChI=1S/C28H29F4N9O2/c1-40-8-6-18(7-9-40)43-22-5-3-16(11-19(22)28(30,31)32)37-27(42)38-21-4-2-15(10-20(21)29)24-23-25(33)35-14-36-26(23)41(39-24)17-12-34-13-17/h2-5,10-11,14,17-18,34H,6-9,12-13H2,1H3,(H2,33,35,36)(H2,37,38,42). The fourth-order valence-corrected chi connectivity index (χ4v) is 5.16. The first kappa shape index (κ1) is 28.6. The third-order valence-electron chi connectivity index (χ3n) is 7.62. The van der Waals surface area contributed by atoms with Crippen molar-refractivity contribution < 1.29 is 27.1 Å². The number of anilines is 3. The van der Waals surface area contributed by atoms with Crippen molar-refractivity contribution in [3.8, 4) is 17.0 Å². The van der Waals surface area contributed by atoms with Crippen LogP contribution < -0.4 is 26.4 Å². The maximum Gasteiger partial charge on any atom is 0.420 e. The number of piperidine rings is 1. The van der Waals surface area contributed by atoms with Gasteiger partial charge >= 0.3 is 12.2 Å². The average Bonchev–Trinajstić information content (AvgIpc) is 3.31. The van der Waals surface area contributed by atoms with Gasteiger partial charge in [-0.2, -0.15) is 18.3 Å². The number of urea groups is 1. The third kappa shape index (κ3) is 5.90. The van der Waals surface area contributed by atoms with E-state index in [1.165, 1.54) is 30.6 Å². The van der Waals surface area contributed by atoms with E-state index < -0.39 is 23.6 Å². The Bertz CT molecular complexity index is 1660. The Morgan fingerprint density at radius 3 is 2.53 bits per heavy atom. The Morgan fingerprint density at radius 2 is 1.86 bits per heavy atom. The fraction of sp³-hybridized carbons (Fsp3) is 0.357. The molecule has 0 bridgehead atoms. The van der Waals surface area contributed by atoms with E-state index >= 15 is 4.39 Å². The maximum absolute atomic E-state index is 15.2. The Morgan fingerprint density at radius 1 is 1.09 bits per heavy atom. The van der Waals surface area contributed by atoms with Gasteiger partial charge in [0.1, 0.15) is 35.5 Å². The number of fused-ring (bicyclic) bond motifs is 1. The molecule has 0 unspecified atom stereocenters. The predicted molar refractivity (Wildman–Crippen MR) is 152 cm³/mol. The number of alkyl halides is 3. The summed E-state index contributed by atoms with van der Waals surface area (Å²) in [5.41, 5.74) is 6.09. The Balaban J connectivity index is 1.18. The van der Waals surface area contributed by atoms with Gasteiger partial charge in [-0.1, -0.05) is 6.07 Å². The number of nitrogens with zero attached hydrogens (tertiary/aromatic N) is 5. The molecule has 0 spiro atoms. The predicted octanol–water partition coefficient (Wildman–Crippen LogP) is 4.49. The molecular formula is C28H29F4N9O2. The van der Waals surface area contributed by atoms with E-state index in [1.807, 2.05) is 7.05 Å². The molecule has 43 heavy (non-hydrogen) atoms. The minimum Gasteiger partial charge on any atom is -0.490 e. The maximum atomic E-state index is 15.2. The Labute approximate surface area is 243 Å². The lowest BCUT2D eigenvalue weighted by atomic mass is 10.1. The number of halogens is 4. The molecule has 0 saturated carbocycles. The summed E-state index contributed by atoms with van der Waals surface area (Å²) >= 11 is 0. The first-order valence-corrected chi connectivity index (χ1v) is 13.7. The van der Waals surface area contributed by atoms with Crippen LogP contribution in [0.2, 0.25) is 0 Å². The second kappa shape index (κ2) is 11.3. The van der Waals surface area contributed by atoms with Crippen molar-refractivity contribution in [3.05, 3.63) is 54.1 Å². The van der Waals surface area contributed by atoms with Crippen LogP contribution in [-0.2, 0) is 6.18 Å². The first-order valence-electron chi connectivity index (χ1n) is 13.7. The number of nitrogens with one attached hydrogen (secondary N) is 3. The van der Waals surface area contributed by atoms with Crippen LogP contribution in [0.25, 0.3) is 22.3 Å². The molecule has 2 amide bonds. The van der Waals surface area contributed by atoms with E-state index in [0.717, 1.165) is 19.2 Å². The summed E-state index contributed by atoms with van der Waals surface area (Å²) in [5.74, 6) is -0.889. The molecule has 4 heterocycles. The molecule has 226 valence electrons. The van der Waals surface area contributed by atoms with Crippen molar-refractivity contribution in [1.82, 2.24) is 30.0 Å². The quantitative estimate of drug-likeness (QED) is 0.238. The summed E-state index contributed by atoms with van der Waals surface area (Å²) in [6.07, 6.45) is -2.49. The van der Waals surface area contributed by atoms with Crippen LogP contribution in [0.5, 0.6) is 5.75 Å². The molecule has 2 aromatic carbocycles. The Kier molecular flexibility index (Phi) is 7.52. The number of benzene rings is 2. The van der Waals surface area contributed by atoms with Crippen LogP contribution in [0, 0.1) is 5.82 Å². The summed E-state index contributed by atoms with van der Waals surface area (Å²) in [5, 5.41) is 13.0. The molecule has 5 N–H and O–H groups in total. The number of amides is 2. The zero-order valence-electron chi connectivity index (χ0n) is 23.1. The molecule has 2 aromatic heterocycles. The van der Waals surface area contributed by atoms with E-state index in [2.05, 4.69) is 35.9 Å². The van der Waals surface area contributed by atoms with Crippen molar-refractivity contribution in [2.24, 2.45) is 0 Å². The second-order valence-corrected chi connectivity index (χ2v) is 10.7. The largest absolute Gasteiger partial charge is 0.490 e. The summed E-state index contributed by atoms with van der Waals surface area (Å²) in [6, 6.07) is 6.50. The van der Waals surface area contributed by atoms with Gasteiger partial charge in [0.15, 0.2) is 5.65 Å². The van der Waals surface area contributed by atoms with Crippen molar-refractivity contribution in [3.63, 3.8) is 0 Å². The zero-order chi connectivity index (χ0) is 30.3. The number of nitrogen functional groups attached to an aromatic ring is 1. The van der Waals surface area contributed by atoms with Gasteiger partial charge < -0.3 is 31.3 Å². The van der Waals surface area contributed by atoms with Crippen LogP contribution in [0.15, 0.2) is 42.7 Å². The fourth-order valence-electron chi connectivity index (χ4n) is 5.16. The highest BCUT2D eigenvalue weighted by Crippen LogP contribution is 2.39. The van der Waals surface area contributed by atoms with E-state index in [-0.39, 0.29) is 35.1 Å². The molecule has 15 heteroatoms. The lowest BCUT2D eigenvalue weighted by Gasteiger charge is -2.30. The SMILES string of the molecule is CN1CCC(Oc2ccc(NC(=O)Nc3ccc(-c4nn(C5CNC5)c5ncnc(N)c45)cc3F)cc2C(F)(F)F)CC1. The molecule has 2 aliphatic rings. The first-order chi connectivity index (χ1) is 20.6. The molecule has 2 fully saturated rings. The second-order valence-electron chi connectivity index (χ2n) is 10.7. The highest BCUT2D eigenvalue weighted by molar-refractivity contribution is 6.01. The van der Waals surface area contributed by atoms with Gasteiger partial charge in [0.05, 0.1) is 22.7 Å². The number of ether oxygens (including phenoxy) is 1. The smallest absolute Gasteiger partial charge is 0.420 e. The van der Waals surface area contributed by atoms with Gasteiger partial charge in [0, 0.05) is 37.4 Å². The number of aromatic nitrogens is 4. The van der Waals surface area contributed by atoms with Gasteiger partial charge in [-0.15, -0.1) is 0 Å². The molecule has 0 aliphatic carbocycles. The van der Waals surface area contributed by atoms with E-state index in [1.54, 1.807) is 10.7 Å². The lowest BCUT2D eigenvalue weighted by molar-refractivity contribution is -0.139. The van der Waals surface area contributed by atoms with Crippen molar-refractivity contribution in [2.75, 3.05) is 49.6 Å². The third-order valence-corrected chi connectivity index (χ3v) is 7.62. The average molecular weight is 600 g/mol. The monoisotopic (exact) mass is 599 g/mol. The van der Waals surface area contributed by atoms with Crippen LogP contribution in [0.3, 0.4) is 0 Å². The van der Waals surface area contributed by atoms with Crippen LogP contribution in [0.4, 0.5) is 39.5 Å². The van der Waals surface area contributed by atoms with Crippen molar-refractivity contribution in [1.29, 1.82) is 0 Å². The molecule has 0 radical (unpaired) electrons. The highest BCUT2D eigenvalue weighted by Gasteiger charge is 2.36. The van der Waals surface area contributed by atoms with Crippen molar-refractivity contribution in [2.45, 2.75) is 31.2 Å². The summed E-state index contributed by atoms with van der Waals surface area (Å²) in [4.78, 5) is 23.1. The normalized spacial score (nSPS) is 16.7. The molecule has 6 rings (SSSR count). The molecule has 4 aromatic rings. The molecule has 11 nitrogen and oxygen atoms in total. The van der Waals surface area contributed by atoms with E-state index in [0.29, 0.717) is 48.2 Å². The number of carbonyl (C=O) groups is 1. The van der Waals surface area contributed by atoms with Crippen LogP contribution in [0.1, 0.15) is 24.4 Å². The molecular weight excluding hydrogens is 570 g/mol. The van der Waals surface area contributed by atoms with E-state index in [9.17, 15) is 18.0 Å². The van der Waals surface area contributed by atoms with Crippen molar-refractivity contribution >= 4 is 34.3 Å². The highest BCUT2D eigenvalue weighted by atomic mass is 19.4. The molecule has 2 saturated heterocycles. The Hall–Kier alpha value is -4.50. The van der Waals surface area contributed by atoms with Gasteiger partial charge in [0.2, 0.25) is 0 Å². The van der Waals surface area contributed by atoms with Gasteiger partial charge in [-0.3, -0.25) is 0 Å². The topological polar surface area (TPSA) is 135 Å². The lowest BCUT2D eigenvalue weighted by Crippen LogP contribution is -2.43. The number of hydrogen-bond donors (Lipinski definition) is 4. The summed E-state index contributed by atoms with van der Waals surface area (Å²) in [6.45, 7) is 2.85. The number of hydrogen-bond acceptors (Lipinski definition) is 8. The van der Waals surface area contributed by atoms with E-state index in [4.69, 9.17) is 10.5 Å². The van der Waals surface area contributed by atoms with Crippen LogP contribution in [-0.4, -0.2) is 70.0 Å². The molecule has 0 atom stereocenters. The number of nitrogens with two attached hydrogens (primary N) is 1. The van der Waals surface area contributed by atoms with Gasteiger partial charge in [-0.05, 0) is 50.2 Å².